The van der Waals surface area contributed by atoms with Crippen molar-refractivity contribution in [3.8, 4) is 0 Å². The number of carbonyl (C=O) groups is 4. The third-order valence-corrected chi connectivity index (χ3v) is 5.35. The Kier molecular flexibility index (Phi) is 4.07. The number of amides is 4. The summed E-state index contributed by atoms with van der Waals surface area (Å²) in [5.74, 6) is -1.24. The van der Waals surface area contributed by atoms with Crippen molar-refractivity contribution in [2.24, 2.45) is 0 Å². The van der Waals surface area contributed by atoms with Gasteiger partial charge in [0.2, 0.25) is 0 Å². The molecule has 3 aliphatic rings. The summed E-state index contributed by atoms with van der Waals surface area (Å²) >= 11 is 6.16. The lowest BCUT2D eigenvalue weighted by atomic mass is 9.89. The van der Waals surface area contributed by atoms with E-state index in [4.69, 9.17) is 0 Å². The van der Waals surface area contributed by atoms with Crippen molar-refractivity contribution >= 4 is 55.5 Å². The highest BCUT2D eigenvalue weighted by Gasteiger charge is 2.41. The van der Waals surface area contributed by atoms with Crippen LogP contribution in [0.5, 0.6) is 0 Å². The zero-order valence-corrected chi connectivity index (χ0v) is 14.6. The Morgan fingerprint density at radius 2 is 1.05 bits per heavy atom. The largest absolute Gasteiger partial charge is 0.271 e. The van der Waals surface area contributed by atoms with Crippen LogP contribution in [0.25, 0.3) is 0 Å². The van der Waals surface area contributed by atoms with Crippen LogP contribution in [-0.4, -0.2) is 45.5 Å². The Morgan fingerprint density at radius 3 is 1.27 bits per heavy atom. The van der Waals surface area contributed by atoms with E-state index in [0.717, 1.165) is 0 Å². The molecule has 1 fully saturated rings. The predicted octanol–water partition coefficient (Wildman–Crippen LogP) is 1.59. The molecule has 4 amide bonds. The normalized spacial score (nSPS) is 29.4. The summed E-state index contributed by atoms with van der Waals surface area (Å²) in [6.07, 6.45) is 4.91. The summed E-state index contributed by atoms with van der Waals surface area (Å²) < 4.78 is 0.551. The molecule has 0 aromatic heterocycles. The van der Waals surface area contributed by atoms with Crippen LogP contribution in [-0.2, 0) is 19.2 Å². The molecule has 2 aliphatic heterocycles. The molecule has 0 aromatic rings. The van der Waals surface area contributed by atoms with Gasteiger partial charge in [0.15, 0.2) is 0 Å². The number of nitrogens with zero attached hydrogens (tertiary/aromatic N) is 2. The van der Waals surface area contributed by atoms with E-state index in [2.05, 4.69) is 31.9 Å². The standard InChI is InChI=1S/C14H12Br2N2O4/c15-9-5-11(19)17(13(9)21)7-1-2-8(4-3-7)18-12(20)6-10(16)14(18)22/h5-8H,1-4H2/t7-,8-. The van der Waals surface area contributed by atoms with Gasteiger partial charge in [0.05, 0.1) is 8.96 Å². The third kappa shape index (κ3) is 2.48. The Labute approximate surface area is 143 Å². The van der Waals surface area contributed by atoms with Crippen LogP contribution in [0.4, 0.5) is 0 Å². The van der Waals surface area contributed by atoms with E-state index < -0.39 is 0 Å². The van der Waals surface area contributed by atoms with E-state index in [1.54, 1.807) is 0 Å². The predicted molar refractivity (Wildman–Crippen MR) is 83.8 cm³/mol. The molecule has 6 nitrogen and oxygen atoms in total. The van der Waals surface area contributed by atoms with Crippen molar-refractivity contribution in [3.63, 3.8) is 0 Å². The number of halogens is 2. The third-order valence-electron chi connectivity index (χ3n) is 4.22. The quantitative estimate of drug-likeness (QED) is 0.622. The first-order chi connectivity index (χ1) is 10.4. The minimum absolute atomic E-state index is 0.174. The van der Waals surface area contributed by atoms with Gasteiger partial charge < -0.3 is 0 Å². The van der Waals surface area contributed by atoms with Gasteiger partial charge in [-0.25, -0.2) is 0 Å². The summed E-state index contributed by atoms with van der Waals surface area (Å²) in [7, 11) is 0. The lowest BCUT2D eigenvalue weighted by Crippen LogP contribution is -2.48. The molecule has 3 rings (SSSR count). The number of hydrogen-bond acceptors (Lipinski definition) is 4. The smallest absolute Gasteiger partial charge is 0.268 e. The minimum atomic E-state index is -0.314. The molecule has 0 spiro atoms. The minimum Gasteiger partial charge on any atom is -0.271 e. The average Bonchev–Trinajstić information content (AvgIpc) is 2.87. The molecule has 8 heteroatoms. The van der Waals surface area contributed by atoms with Gasteiger partial charge >= 0.3 is 0 Å². The average molecular weight is 432 g/mol. The summed E-state index contributed by atoms with van der Waals surface area (Å²) in [6.45, 7) is 0. The van der Waals surface area contributed by atoms with E-state index >= 15 is 0 Å². The monoisotopic (exact) mass is 430 g/mol. The molecular weight excluding hydrogens is 420 g/mol. The van der Waals surface area contributed by atoms with Gasteiger partial charge in [-0.2, -0.15) is 0 Å². The Hall–Kier alpha value is -1.28. The molecule has 1 aliphatic carbocycles. The molecule has 0 radical (unpaired) electrons. The van der Waals surface area contributed by atoms with Crippen molar-refractivity contribution in [1.29, 1.82) is 0 Å². The molecule has 0 unspecified atom stereocenters. The molecule has 1 saturated carbocycles. The van der Waals surface area contributed by atoms with E-state index in [0.29, 0.717) is 25.7 Å². The van der Waals surface area contributed by atoms with E-state index in [1.807, 2.05) is 0 Å². The van der Waals surface area contributed by atoms with Crippen LogP contribution >= 0.6 is 31.9 Å². The van der Waals surface area contributed by atoms with Crippen molar-refractivity contribution in [2.45, 2.75) is 37.8 Å². The van der Waals surface area contributed by atoms with Gasteiger partial charge in [0.1, 0.15) is 0 Å². The maximum atomic E-state index is 12.0. The van der Waals surface area contributed by atoms with Crippen LogP contribution in [0, 0.1) is 0 Å². The van der Waals surface area contributed by atoms with Gasteiger partial charge in [0, 0.05) is 24.2 Å². The zero-order valence-electron chi connectivity index (χ0n) is 11.4. The van der Waals surface area contributed by atoms with E-state index in [9.17, 15) is 19.2 Å². The van der Waals surface area contributed by atoms with Crippen LogP contribution < -0.4 is 0 Å². The molecule has 0 saturated heterocycles. The fourth-order valence-electron chi connectivity index (χ4n) is 3.18. The van der Waals surface area contributed by atoms with Crippen LogP contribution in [0.2, 0.25) is 0 Å². The highest BCUT2D eigenvalue weighted by atomic mass is 79.9. The SMILES string of the molecule is O=C1C=C(Br)C(=O)N1[C@H]1CC[C@H](N2C(=O)C=C(Br)C2=O)CC1. The summed E-state index contributed by atoms with van der Waals surface area (Å²) in [5, 5.41) is 0. The van der Waals surface area contributed by atoms with Gasteiger partial charge in [-0.15, -0.1) is 0 Å². The second kappa shape index (κ2) is 5.73. The summed E-state index contributed by atoms with van der Waals surface area (Å²) in [5.41, 5.74) is 0. The second-order valence-electron chi connectivity index (χ2n) is 5.47. The Balaban J connectivity index is 1.65. The van der Waals surface area contributed by atoms with Crippen LogP contribution in [0.15, 0.2) is 21.1 Å². The number of imide groups is 2. The van der Waals surface area contributed by atoms with E-state index in [-0.39, 0.29) is 44.7 Å². The van der Waals surface area contributed by atoms with Crippen LogP contribution in [0.1, 0.15) is 25.7 Å². The fourth-order valence-corrected chi connectivity index (χ4v) is 3.95. The zero-order chi connectivity index (χ0) is 16.0. The lowest BCUT2D eigenvalue weighted by Gasteiger charge is -2.36. The van der Waals surface area contributed by atoms with Crippen LogP contribution in [0.3, 0.4) is 0 Å². The maximum Gasteiger partial charge on any atom is 0.268 e. The molecule has 2 heterocycles. The molecular formula is C14H12Br2N2O4. The molecule has 0 bridgehead atoms. The highest BCUT2D eigenvalue weighted by Crippen LogP contribution is 2.33. The van der Waals surface area contributed by atoms with Crippen molar-refractivity contribution in [2.75, 3.05) is 0 Å². The highest BCUT2D eigenvalue weighted by molar-refractivity contribution is 9.12. The number of carbonyl (C=O) groups excluding carboxylic acids is 4. The Morgan fingerprint density at radius 1 is 0.727 bits per heavy atom. The van der Waals surface area contributed by atoms with Crippen molar-refractivity contribution in [3.05, 3.63) is 21.1 Å². The lowest BCUT2D eigenvalue weighted by molar-refractivity contribution is -0.144. The van der Waals surface area contributed by atoms with Crippen molar-refractivity contribution in [1.82, 2.24) is 9.80 Å². The molecule has 116 valence electrons. The van der Waals surface area contributed by atoms with Gasteiger partial charge in [-0.05, 0) is 57.5 Å². The first kappa shape index (κ1) is 15.6. The van der Waals surface area contributed by atoms with Gasteiger partial charge in [-0.1, -0.05) is 0 Å². The molecule has 0 atom stereocenters. The maximum absolute atomic E-state index is 12.0. The number of rotatable bonds is 2. The summed E-state index contributed by atoms with van der Waals surface area (Å²) in [4.78, 5) is 50.1. The summed E-state index contributed by atoms with van der Waals surface area (Å²) in [6, 6.07) is -0.349. The first-order valence-electron chi connectivity index (χ1n) is 6.89. The van der Waals surface area contributed by atoms with Gasteiger partial charge in [0.25, 0.3) is 23.6 Å². The number of hydrogen-bond donors (Lipinski definition) is 0. The topological polar surface area (TPSA) is 74.8 Å². The molecule has 0 N–H and O–H groups in total. The molecule has 22 heavy (non-hydrogen) atoms. The molecule has 0 aromatic carbocycles. The first-order valence-corrected chi connectivity index (χ1v) is 8.48. The van der Waals surface area contributed by atoms with E-state index in [1.165, 1.54) is 22.0 Å². The van der Waals surface area contributed by atoms with Gasteiger partial charge in [-0.3, -0.25) is 29.0 Å². The Bertz CT molecular complexity index is 591. The second-order valence-corrected chi connectivity index (χ2v) is 7.18. The fraction of sp³-hybridized carbons (Fsp3) is 0.429. The van der Waals surface area contributed by atoms with Crippen molar-refractivity contribution < 1.29 is 19.2 Å².